The summed E-state index contributed by atoms with van der Waals surface area (Å²) in [5, 5.41) is 5.94. The number of nitrogens with one attached hydrogen (secondary N) is 2. The van der Waals surface area contributed by atoms with Gasteiger partial charge in [-0.3, -0.25) is 9.78 Å². The van der Waals surface area contributed by atoms with Gasteiger partial charge in [0.15, 0.2) is 0 Å². The number of fused-ring (bicyclic) bond motifs is 1. The highest BCUT2D eigenvalue weighted by molar-refractivity contribution is 14.1. The normalized spacial score (nSPS) is 10.6. The van der Waals surface area contributed by atoms with Crippen molar-refractivity contribution in [2.24, 2.45) is 0 Å². The molecule has 1 heterocycles. The first-order valence-electron chi connectivity index (χ1n) is 6.12. The number of hydrogen-bond donors (Lipinski definition) is 2. The van der Waals surface area contributed by atoms with Gasteiger partial charge in [-0.2, -0.15) is 0 Å². The van der Waals surface area contributed by atoms with Crippen molar-refractivity contribution in [1.29, 1.82) is 0 Å². The van der Waals surface area contributed by atoms with Crippen molar-refractivity contribution in [2.75, 3.05) is 19.6 Å². The van der Waals surface area contributed by atoms with E-state index in [1.165, 1.54) is 6.20 Å². The van der Waals surface area contributed by atoms with Crippen molar-refractivity contribution in [3.63, 3.8) is 0 Å². The Labute approximate surface area is 125 Å². The third-order valence-electron chi connectivity index (χ3n) is 2.57. The zero-order chi connectivity index (χ0) is 13.7. The predicted molar refractivity (Wildman–Crippen MR) is 83.1 cm³/mol. The van der Waals surface area contributed by atoms with E-state index in [0.717, 1.165) is 27.7 Å². The molecule has 100 valence electrons. The fourth-order valence-corrected chi connectivity index (χ4v) is 2.10. The van der Waals surface area contributed by atoms with Crippen LogP contribution in [0.2, 0.25) is 0 Å². The minimum atomic E-state index is -0.189. The molecule has 0 spiro atoms. The summed E-state index contributed by atoms with van der Waals surface area (Å²) in [5.74, 6) is -0.189. The second-order valence-corrected chi connectivity index (χ2v) is 5.24. The lowest BCUT2D eigenvalue weighted by molar-refractivity contribution is 0.0949. The zero-order valence-electron chi connectivity index (χ0n) is 10.6. The average Bonchev–Trinajstić information content (AvgIpc) is 2.42. The Kier molecular flexibility index (Phi) is 5.03. The molecule has 2 aromatic rings. The van der Waals surface area contributed by atoms with Gasteiger partial charge < -0.3 is 10.6 Å². The van der Waals surface area contributed by atoms with Gasteiger partial charge in [0.25, 0.3) is 5.91 Å². The molecular weight excluding hydrogens is 353 g/mol. The van der Waals surface area contributed by atoms with Crippen LogP contribution < -0.4 is 10.6 Å². The minimum Gasteiger partial charge on any atom is -0.349 e. The van der Waals surface area contributed by atoms with Crippen LogP contribution in [0.15, 0.2) is 24.4 Å². The number of aromatic nitrogens is 2. The largest absolute Gasteiger partial charge is 0.349 e. The zero-order valence-corrected chi connectivity index (χ0v) is 12.8. The number of likely N-dealkylation sites (N-methyl/N-ethyl adjacent to an activating group) is 1. The van der Waals surface area contributed by atoms with Gasteiger partial charge in [0, 0.05) is 16.7 Å². The Morgan fingerprint density at radius 2 is 2.16 bits per heavy atom. The van der Waals surface area contributed by atoms with Crippen LogP contribution in [0.1, 0.15) is 17.4 Å². The molecular formula is C13H15IN4O. The van der Waals surface area contributed by atoms with Crippen molar-refractivity contribution in [1.82, 2.24) is 20.6 Å². The summed E-state index contributed by atoms with van der Waals surface area (Å²) in [4.78, 5) is 20.5. The molecule has 0 atom stereocenters. The van der Waals surface area contributed by atoms with Crippen molar-refractivity contribution >= 4 is 39.5 Å². The van der Waals surface area contributed by atoms with E-state index in [4.69, 9.17) is 0 Å². The van der Waals surface area contributed by atoms with E-state index in [2.05, 4.69) is 43.2 Å². The van der Waals surface area contributed by atoms with Crippen LogP contribution in [0.3, 0.4) is 0 Å². The lowest BCUT2D eigenvalue weighted by Crippen LogP contribution is -2.32. The van der Waals surface area contributed by atoms with Gasteiger partial charge in [0.05, 0.1) is 17.2 Å². The molecule has 1 aromatic heterocycles. The molecule has 1 aromatic carbocycles. The van der Waals surface area contributed by atoms with E-state index in [-0.39, 0.29) is 5.91 Å². The number of carbonyl (C=O) groups excluding carboxylic acids is 1. The van der Waals surface area contributed by atoms with Gasteiger partial charge in [-0.1, -0.05) is 6.92 Å². The number of halogens is 1. The van der Waals surface area contributed by atoms with Crippen molar-refractivity contribution in [2.45, 2.75) is 6.92 Å². The molecule has 0 aliphatic rings. The Hall–Kier alpha value is -1.28. The maximum absolute atomic E-state index is 11.9. The van der Waals surface area contributed by atoms with Crippen LogP contribution in [0.4, 0.5) is 0 Å². The molecule has 0 aliphatic carbocycles. The van der Waals surface area contributed by atoms with Gasteiger partial charge in [0.1, 0.15) is 5.69 Å². The number of rotatable bonds is 5. The molecule has 1 amide bonds. The number of benzene rings is 1. The molecule has 0 bridgehead atoms. The highest BCUT2D eigenvalue weighted by atomic mass is 125. The maximum atomic E-state index is 11.9. The minimum absolute atomic E-state index is 0.189. The van der Waals surface area contributed by atoms with E-state index < -0.39 is 0 Å². The molecule has 5 nitrogen and oxygen atoms in total. The van der Waals surface area contributed by atoms with E-state index in [1.807, 2.05) is 25.1 Å². The second-order valence-electron chi connectivity index (χ2n) is 4.00. The summed E-state index contributed by atoms with van der Waals surface area (Å²) in [7, 11) is 0. The molecule has 0 saturated heterocycles. The SMILES string of the molecule is CCNCCNC(=O)c1cnc2cc([125I])ccc2n1. The number of hydrogen-bond acceptors (Lipinski definition) is 4. The molecule has 2 N–H and O–H groups in total. The van der Waals surface area contributed by atoms with Gasteiger partial charge >= 0.3 is 0 Å². The fraction of sp³-hybridized carbons (Fsp3) is 0.308. The average molecular weight is 368 g/mol. The van der Waals surface area contributed by atoms with Crippen LogP contribution >= 0.6 is 22.6 Å². The summed E-state index contributed by atoms with van der Waals surface area (Å²) < 4.78 is 1.10. The van der Waals surface area contributed by atoms with E-state index >= 15 is 0 Å². The number of carbonyl (C=O) groups is 1. The quantitative estimate of drug-likeness (QED) is 0.621. The summed E-state index contributed by atoms with van der Waals surface area (Å²) in [5.41, 5.74) is 1.89. The van der Waals surface area contributed by atoms with Crippen LogP contribution in [0, 0.1) is 3.57 Å². The van der Waals surface area contributed by atoms with Crippen LogP contribution in [0.25, 0.3) is 11.0 Å². The summed E-state index contributed by atoms with van der Waals surface area (Å²) >= 11 is 2.22. The van der Waals surface area contributed by atoms with Crippen molar-refractivity contribution in [3.05, 3.63) is 33.7 Å². The van der Waals surface area contributed by atoms with E-state index in [1.54, 1.807) is 0 Å². The van der Waals surface area contributed by atoms with E-state index in [9.17, 15) is 4.79 Å². The van der Waals surface area contributed by atoms with Crippen molar-refractivity contribution < 1.29 is 4.79 Å². The van der Waals surface area contributed by atoms with E-state index in [0.29, 0.717) is 12.2 Å². The highest BCUT2D eigenvalue weighted by Crippen LogP contribution is 2.13. The second kappa shape index (κ2) is 6.76. The fourth-order valence-electron chi connectivity index (χ4n) is 1.63. The molecule has 6 heteroatoms. The first-order valence-corrected chi connectivity index (χ1v) is 7.20. The maximum Gasteiger partial charge on any atom is 0.271 e. The lowest BCUT2D eigenvalue weighted by Gasteiger charge is -2.05. The molecule has 0 radical (unpaired) electrons. The van der Waals surface area contributed by atoms with Crippen LogP contribution in [-0.4, -0.2) is 35.5 Å². The summed E-state index contributed by atoms with van der Waals surface area (Å²) in [6, 6.07) is 5.76. The molecule has 19 heavy (non-hydrogen) atoms. The molecule has 0 fully saturated rings. The first-order chi connectivity index (χ1) is 9.20. The highest BCUT2D eigenvalue weighted by Gasteiger charge is 2.08. The van der Waals surface area contributed by atoms with Gasteiger partial charge in [-0.15, -0.1) is 0 Å². The molecule has 0 saturated carbocycles. The summed E-state index contributed by atoms with van der Waals surface area (Å²) in [6.45, 7) is 4.25. The summed E-state index contributed by atoms with van der Waals surface area (Å²) in [6.07, 6.45) is 1.51. The van der Waals surface area contributed by atoms with Crippen LogP contribution in [-0.2, 0) is 0 Å². The monoisotopic (exact) mass is 368 g/mol. The molecule has 0 unspecified atom stereocenters. The lowest BCUT2D eigenvalue weighted by atomic mass is 10.3. The molecule has 0 aliphatic heterocycles. The Morgan fingerprint density at radius 3 is 2.95 bits per heavy atom. The molecule has 2 rings (SSSR count). The topological polar surface area (TPSA) is 66.9 Å². The smallest absolute Gasteiger partial charge is 0.271 e. The first kappa shape index (κ1) is 14.1. The third-order valence-corrected chi connectivity index (χ3v) is 3.25. The number of amides is 1. The van der Waals surface area contributed by atoms with Crippen molar-refractivity contribution in [3.8, 4) is 0 Å². The van der Waals surface area contributed by atoms with Gasteiger partial charge in [-0.05, 0) is 47.3 Å². The third kappa shape index (κ3) is 3.84. The Morgan fingerprint density at radius 1 is 1.32 bits per heavy atom. The van der Waals surface area contributed by atoms with Gasteiger partial charge in [0.2, 0.25) is 0 Å². The van der Waals surface area contributed by atoms with Crippen LogP contribution in [0.5, 0.6) is 0 Å². The standard InChI is InChI=1S/C13H15IN4O/c1-2-15-5-6-16-13(19)12-8-17-11-7-9(14)3-4-10(11)18-12/h3-4,7-8,15H,2,5-6H2,1H3,(H,16,19)/i14-2. The number of nitrogens with zero attached hydrogens (tertiary/aromatic N) is 2. The Balaban J connectivity index is 2.08. The van der Waals surface area contributed by atoms with Gasteiger partial charge in [-0.25, -0.2) is 4.98 Å². The predicted octanol–water partition coefficient (Wildman–Crippen LogP) is 1.57. The Bertz CT molecular complexity index is 588.